The van der Waals surface area contributed by atoms with E-state index in [2.05, 4.69) is 17.1 Å². The van der Waals surface area contributed by atoms with Crippen molar-refractivity contribution in [3.05, 3.63) is 0 Å². The Kier molecular flexibility index (Phi) is 5.03. The fourth-order valence-corrected chi connectivity index (χ4v) is 2.62. The Morgan fingerprint density at radius 1 is 1.25 bits per heavy atom. The SMILES string of the molecule is CCN(CC1CCOCO1)C1CCNCC1. The molecule has 4 nitrogen and oxygen atoms in total. The molecule has 2 rings (SSSR count). The maximum absolute atomic E-state index is 5.62. The summed E-state index contributed by atoms with van der Waals surface area (Å²) in [5.74, 6) is 0. The molecule has 0 aliphatic carbocycles. The molecule has 2 aliphatic heterocycles. The van der Waals surface area contributed by atoms with E-state index in [0.717, 1.165) is 45.2 Å². The van der Waals surface area contributed by atoms with Crippen molar-refractivity contribution in [1.29, 1.82) is 0 Å². The summed E-state index contributed by atoms with van der Waals surface area (Å²) < 4.78 is 10.8. The number of ether oxygens (including phenoxy) is 2. The van der Waals surface area contributed by atoms with Gasteiger partial charge in [-0.25, -0.2) is 0 Å². The second-order valence-corrected chi connectivity index (χ2v) is 4.67. The lowest BCUT2D eigenvalue weighted by Gasteiger charge is -2.36. The summed E-state index contributed by atoms with van der Waals surface area (Å²) in [6.45, 7) is 8.12. The Balaban J connectivity index is 1.78. The Morgan fingerprint density at radius 2 is 2.06 bits per heavy atom. The molecule has 1 N–H and O–H groups in total. The summed E-state index contributed by atoms with van der Waals surface area (Å²) >= 11 is 0. The van der Waals surface area contributed by atoms with E-state index in [0.29, 0.717) is 12.9 Å². The zero-order valence-corrected chi connectivity index (χ0v) is 10.3. The van der Waals surface area contributed by atoms with Crippen molar-refractivity contribution < 1.29 is 9.47 Å². The summed E-state index contributed by atoms with van der Waals surface area (Å²) in [5, 5.41) is 3.42. The third kappa shape index (κ3) is 3.42. The molecule has 2 heterocycles. The maximum Gasteiger partial charge on any atom is 0.147 e. The highest BCUT2D eigenvalue weighted by atomic mass is 16.7. The lowest BCUT2D eigenvalue weighted by molar-refractivity contribution is -0.146. The van der Waals surface area contributed by atoms with Crippen LogP contribution < -0.4 is 5.32 Å². The van der Waals surface area contributed by atoms with E-state index >= 15 is 0 Å². The first-order chi connectivity index (χ1) is 7.90. The van der Waals surface area contributed by atoms with E-state index in [4.69, 9.17) is 9.47 Å². The molecule has 1 unspecified atom stereocenters. The second-order valence-electron chi connectivity index (χ2n) is 4.67. The standard InChI is InChI=1S/C12H24N2O2/c1-2-14(11-3-6-13-7-4-11)9-12-5-8-15-10-16-12/h11-13H,2-10H2,1H3. The van der Waals surface area contributed by atoms with Gasteiger partial charge >= 0.3 is 0 Å². The van der Waals surface area contributed by atoms with Crippen molar-refractivity contribution in [1.82, 2.24) is 10.2 Å². The van der Waals surface area contributed by atoms with Crippen LogP contribution in [0.4, 0.5) is 0 Å². The van der Waals surface area contributed by atoms with Crippen LogP contribution in [-0.2, 0) is 9.47 Å². The van der Waals surface area contributed by atoms with Gasteiger partial charge in [0.2, 0.25) is 0 Å². The lowest BCUT2D eigenvalue weighted by atomic mass is 10.0. The van der Waals surface area contributed by atoms with Gasteiger partial charge < -0.3 is 14.8 Å². The zero-order chi connectivity index (χ0) is 11.2. The van der Waals surface area contributed by atoms with Crippen molar-refractivity contribution in [2.24, 2.45) is 0 Å². The Morgan fingerprint density at radius 3 is 2.69 bits per heavy atom. The number of likely N-dealkylation sites (N-methyl/N-ethyl adjacent to an activating group) is 1. The van der Waals surface area contributed by atoms with Crippen LogP contribution in [0.25, 0.3) is 0 Å². The van der Waals surface area contributed by atoms with Crippen molar-refractivity contribution in [2.75, 3.05) is 39.6 Å². The molecule has 94 valence electrons. The third-order valence-electron chi connectivity index (χ3n) is 3.64. The number of hydrogen-bond donors (Lipinski definition) is 1. The smallest absolute Gasteiger partial charge is 0.147 e. The van der Waals surface area contributed by atoms with Crippen LogP contribution in [0.5, 0.6) is 0 Å². The van der Waals surface area contributed by atoms with Crippen LogP contribution in [0.1, 0.15) is 26.2 Å². The van der Waals surface area contributed by atoms with Crippen LogP contribution in [-0.4, -0.2) is 56.6 Å². The summed E-state index contributed by atoms with van der Waals surface area (Å²) in [6, 6.07) is 0.748. The van der Waals surface area contributed by atoms with Gasteiger partial charge in [-0.05, 0) is 38.9 Å². The minimum Gasteiger partial charge on any atom is -0.355 e. The van der Waals surface area contributed by atoms with E-state index < -0.39 is 0 Å². The number of hydrogen-bond acceptors (Lipinski definition) is 4. The van der Waals surface area contributed by atoms with Gasteiger partial charge in [0.05, 0.1) is 12.7 Å². The molecule has 16 heavy (non-hydrogen) atoms. The topological polar surface area (TPSA) is 33.7 Å². The number of nitrogens with one attached hydrogen (secondary N) is 1. The number of piperidine rings is 1. The predicted octanol–water partition coefficient (Wildman–Crippen LogP) is 0.823. The molecule has 0 aromatic carbocycles. The maximum atomic E-state index is 5.62. The van der Waals surface area contributed by atoms with Gasteiger partial charge in [0.15, 0.2) is 0 Å². The lowest BCUT2D eigenvalue weighted by Crippen LogP contribution is -2.47. The average Bonchev–Trinajstić information content (AvgIpc) is 2.38. The van der Waals surface area contributed by atoms with Gasteiger partial charge in [0.1, 0.15) is 6.79 Å². The fourth-order valence-electron chi connectivity index (χ4n) is 2.62. The predicted molar refractivity (Wildman–Crippen MR) is 63.4 cm³/mol. The number of nitrogens with zero attached hydrogens (tertiary/aromatic N) is 1. The quantitative estimate of drug-likeness (QED) is 0.772. The fraction of sp³-hybridized carbons (Fsp3) is 1.00. The summed E-state index contributed by atoms with van der Waals surface area (Å²) in [7, 11) is 0. The largest absolute Gasteiger partial charge is 0.355 e. The van der Waals surface area contributed by atoms with E-state index in [9.17, 15) is 0 Å². The molecule has 0 bridgehead atoms. The van der Waals surface area contributed by atoms with Gasteiger partial charge in [-0.15, -0.1) is 0 Å². The van der Waals surface area contributed by atoms with Gasteiger partial charge in [0.25, 0.3) is 0 Å². The highest BCUT2D eigenvalue weighted by molar-refractivity contribution is 4.79. The molecule has 0 radical (unpaired) electrons. The van der Waals surface area contributed by atoms with Crippen LogP contribution in [0.3, 0.4) is 0 Å². The van der Waals surface area contributed by atoms with E-state index in [1.54, 1.807) is 0 Å². The van der Waals surface area contributed by atoms with Gasteiger partial charge in [-0.1, -0.05) is 6.92 Å². The molecule has 1 atom stereocenters. The average molecular weight is 228 g/mol. The van der Waals surface area contributed by atoms with Crippen LogP contribution >= 0.6 is 0 Å². The molecule has 0 amide bonds. The molecule has 2 aliphatic rings. The van der Waals surface area contributed by atoms with E-state index in [1.807, 2.05) is 0 Å². The van der Waals surface area contributed by atoms with Crippen LogP contribution in [0, 0.1) is 0 Å². The van der Waals surface area contributed by atoms with Crippen molar-refractivity contribution in [2.45, 2.75) is 38.3 Å². The first-order valence-corrected chi connectivity index (χ1v) is 6.54. The van der Waals surface area contributed by atoms with E-state index in [-0.39, 0.29) is 0 Å². The third-order valence-corrected chi connectivity index (χ3v) is 3.64. The molecule has 2 fully saturated rings. The summed E-state index contributed by atoms with van der Waals surface area (Å²) in [5.41, 5.74) is 0. The summed E-state index contributed by atoms with van der Waals surface area (Å²) in [4.78, 5) is 2.58. The zero-order valence-electron chi connectivity index (χ0n) is 10.3. The van der Waals surface area contributed by atoms with Crippen LogP contribution in [0.2, 0.25) is 0 Å². The Labute approximate surface area is 98.3 Å². The monoisotopic (exact) mass is 228 g/mol. The molecule has 0 aromatic heterocycles. The van der Waals surface area contributed by atoms with Crippen LogP contribution in [0.15, 0.2) is 0 Å². The molecule has 4 heteroatoms. The highest BCUT2D eigenvalue weighted by Crippen LogP contribution is 2.15. The van der Waals surface area contributed by atoms with Crippen molar-refractivity contribution >= 4 is 0 Å². The molecule has 0 aromatic rings. The summed E-state index contributed by atoms with van der Waals surface area (Å²) in [6.07, 6.45) is 3.97. The minimum absolute atomic E-state index is 0.378. The second kappa shape index (κ2) is 6.55. The van der Waals surface area contributed by atoms with Crippen molar-refractivity contribution in [3.8, 4) is 0 Å². The van der Waals surface area contributed by atoms with Gasteiger partial charge in [0, 0.05) is 12.6 Å². The number of rotatable bonds is 4. The van der Waals surface area contributed by atoms with Crippen molar-refractivity contribution in [3.63, 3.8) is 0 Å². The molecular weight excluding hydrogens is 204 g/mol. The first-order valence-electron chi connectivity index (χ1n) is 6.54. The molecule has 0 spiro atoms. The van der Waals surface area contributed by atoms with Gasteiger partial charge in [-0.3, -0.25) is 4.90 Å². The Hall–Kier alpha value is -0.160. The normalized spacial score (nSPS) is 28.5. The first kappa shape index (κ1) is 12.3. The molecule has 0 saturated carbocycles. The Bertz CT molecular complexity index is 189. The highest BCUT2D eigenvalue weighted by Gasteiger charge is 2.24. The minimum atomic E-state index is 0.378. The molecule has 2 saturated heterocycles. The molecular formula is C12H24N2O2. The van der Waals surface area contributed by atoms with Gasteiger partial charge in [-0.2, -0.15) is 0 Å². The van der Waals surface area contributed by atoms with E-state index in [1.165, 1.54) is 12.8 Å².